The summed E-state index contributed by atoms with van der Waals surface area (Å²) in [6.45, 7) is 7.78. The van der Waals surface area contributed by atoms with Crippen LogP contribution in [0.3, 0.4) is 0 Å². The quantitative estimate of drug-likeness (QED) is 0.766. The van der Waals surface area contributed by atoms with Gasteiger partial charge in [-0.2, -0.15) is 0 Å². The van der Waals surface area contributed by atoms with E-state index >= 15 is 0 Å². The molecule has 0 aromatic heterocycles. The van der Waals surface area contributed by atoms with Crippen molar-refractivity contribution in [1.82, 2.24) is 10.2 Å². The average molecular weight is 403 g/mol. The van der Waals surface area contributed by atoms with Gasteiger partial charge in [-0.05, 0) is 68.1 Å². The summed E-state index contributed by atoms with van der Waals surface area (Å²) >= 11 is 6.06. The van der Waals surface area contributed by atoms with Gasteiger partial charge in [0, 0.05) is 18.6 Å². The molecule has 0 fully saturated rings. The summed E-state index contributed by atoms with van der Waals surface area (Å²) in [6.07, 6.45) is 0. The number of hydrogen-bond acceptors (Lipinski definition) is 3. The Morgan fingerprint density at radius 2 is 1.89 bits per heavy atom. The molecule has 28 heavy (non-hydrogen) atoms. The van der Waals surface area contributed by atoms with Gasteiger partial charge in [-0.1, -0.05) is 29.8 Å². The van der Waals surface area contributed by atoms with Crippen LogP contribution in [0.5, 0.6) is 5.75 Å². The Kier molecular flexibility index (Phi) is 7.46. The molecule has 2 rings (SSSR count). The molecule has 0 aliphatic carbocycles. The van der Waals surface area contributed by atoms with E-state index in [1.54, 1.807) is 26.1 Å². The molecule has 0 aliphatic heterocycles. The van der Waals surface area contributed by atoms with Gasteiger partial charge in [0.2, 0.25) is 5.91 Å². The monoisotopic (exact) mass is 402 g/mol. The summed E-state index contributed by atoms with van der Waals surface area (Å²) in [7, 11) is 1.55. The van der Waals surface area contributed by atoms with Crippen molar-refractivity contribution >= 4 is 23.4 Å². The molecule has 1 N–H and O–H groups in total. The summed E-state index contributed by atoms with van der Waals surface area (Å²) in [5.41, 5.74) is 4.02. The first-order valence-corrected chi connectivity index (χ1v) is 9.57. The van der Waals surface area contributed by atoms with Gasteiger partial charge in [-0.15, -0.1) is 0 Å². The Morgan fingerprint density at radius 1 is 1.18 bits per heavy atom. The van der Waals surface area contributed by atoms with Crippen molar-refractivity contribution in [1.29, 1.82) is 0 Å². The number of carbonyl (C=O) groups is 2. The summed E-state index contributed by atoms with van der Waals surface area (Å²) in [5, 5.41) is 3.18. The van der Waals surface area contributed by atoms with Gasteiger partial charge < -0.3 is 15.0 Å². The molecule has 5 nitrogen and oxygen atoms in total. The zero-order valence-corrected chi connectivity index (χ0v) is 17.8. The molecule has 150 valence electrons. The molecule has 0 heterocycles. The maximum atomic E-state index is 12.9. The first-order chi connectivity index (χ1) is 13.2. The van der Waals surface area contributed by atoms with Crippen molar-refractivity contribution in [3.05, 3.63) is 63.7 Å². The predicted molar refractivity (Wildman–Crippen MR) is 112 cm³/mol. The van der Waals surface area contributed by atoms with Crippen LogP contribution in [0.25, 0.3) is 0 Å². The van der Waals surface area contributed by atoms with E-state index in [0.29, 0.717) is 10.8 Å². The molecule has 0 saturated carbocycles. The number of likely N-dealkylation sites (N-methyl/N-ethyl adjacent to an activating group) is 1. The molecule has 1 atom stereocenters. The SMILES string of the molecule is CNC(=O)C(C)N(Cc1cccc(Cl)c1)C(=O)COc1cc(C)cc(C)c1C. The van der Waals surface area contributed by atoms with Gasteiger partial charge in [-0.25, -0.2) is 0 Å². The lowest BCUT2D eigenvalue weighted by molar-refractivity contribution is -0.142. The maximum absolute atomic E-state index is 12.9. The van der Waals surface area contributed by atoms with Gasteiger partial charge in [0.05, 0.1) is 0 Å². The third-order valence-corrected chi connectivity index (χ3v) is 5.01. The van der Waals surface area contributed by atoms with Crippen LogP contribution in [-0.4, -0.2) is 36.4 Å². The maximum Gasteiger partial charge on any atom is 0.261 e. The van der Waals surface area contributed by atoms with E-state index < -0.39 is 6.04 Å². The van der Waals surface area contributed by atoms with E-state index in [9.17, 15) is 9.59 Å². The number of amides is 2. The van der Waals surface area contributed by atoms with Gasteiger partial charge >= 0.3 is 0 Å². The first-order valence-electron chi connectivity index (χ1n) is 9.19. The highest BCUT2D eigenvalue weighted by molar-refractivity contribution is 6.30. The highest BCUT2D eigenvalue weighted by Crippen LogP contribution is 2.23. The zero-order valence-electron chi connectivity index (χ0n) is 17.0. The second-order valence-corrected chi connectivity index (χ2v) is 7.37. The molecular weight excluding hydrogens is 376 g/mol. The van der Waals surface area contributed by atoms with Crippen molar-refractivity contribution in [3.63, 3.8) is 0 Å². The van der Waals surface area contributed by atoms with E-state index in [-0.39, 0.29) is 25.0 Å². The van der Waals surface area contributed by atoms with Crippen molar-refractivity contribution in [2.45, 2.75) is 40.3 Å². The fraction of sp³-hybridized carbons (Fsp3) is 0.364. The molecule has 0 bridgehead atoms. The lowest BCUT2D eigenvalue weighted by atomic mass is 10.1. The minimum Gasteiger partial charge on any atom is -0.483 e. The van der Waals surface area contributed by atoms with Crippen LogP contribution in [-0.2, 0) is 16.1 Å². The molecule has 0 aliphatic rings. The second-order valence-electron chi connectivity index (χ2n) is 6.94. The molecule has 2 amide bonds. The second kappa shape index (κ2) is 9.60. The molecular formula is C22H27ClN2O3. The Morgan fingerprint density at radius 3 is 2.54 bits per heavy atom. The smallest absolute Gasteiger partial charge is 0.261 e. The lowest BCUT2D eigenvalue weighted by Gasteiger charge is -2.28. The Hall–Kier alpha value is -2.53. The van der Waals surface area contributed by atoms with Crippen molar-refractivity contribution in [3.8, 4) is 5.75 Å². The molecule has 0 spiro atoms. The fourth-order valence-electron chi connectivity index (χ4n) is 3.00. The predicted octanol–water partition coefficient (Wildman–Crippen LogP) is 3.81. The summed E-state index contributed by atoms with van der Waals surface area (Å²) in [5.74, 6) is 0.175. The van der Waals surface area contributed by atoms with Gasteiger partial charge in [0.1, 0.15) is 11.8 Å². The molecule has 1 unspecified atom stereocenters. The Labute approximate surface area is 171 Å². The van der Waals surface area contributed by atoms with E-state index in [2.05, 4.69) is 11.4 Å². The molecule has 0 radical (unpaired) electrons. The Bertz CT molecular complexity index is 867. The van der Waals surface area contributed by atoms with E-state index in [4.69, 9.17) is 16.3 Å². The van der Waals surface area contributed by atoms with Crippen LogP contribution in [0, 0.1) is 20.8 Å². The summed E-state index contributed by atoms with van der Waals surface area (Å²) in [4.78, 5) is 26.6. The van der Waals surface area contributed by atoms with Crippen molar-refractivity contribution < 1.29 is 14.3 Å². The minimum absolute atomic E-state index is 0.147. The molecule has 6 heteroatoms. The van der Waals surface area contributed by atoms with Crippen LogP contribution in [0.15, 0.2) is 36.4 Å². The van der Waals surface area contributed by atoms with Gasteiger partial charge in [0.25, 0.3) is 5.91 Å². The zero-order chi connectivity index (χ0) is 20.8. The topological polar surface area (TPSA) is 58.6 Å². The number of rotatable bonds is 7. The van der Waals surface area contributed by atoms with Crippen LogP contribution < -0.4 is 10.1 Å². The van der Waals surface area contributed by atoms with Crippen LogP contribution >= 0.6 is 11.6 Å². The fourth-order valence-corrected chi connectivity index (χ4v) is 3.21. The number of carbonyl (C=O) groups excluding carboxylic acids is 2. The number of ether oxygens (including phenoxy) is 1. The van der Waals surface area contributed by atoms with E-state index in [0.717, 1.165) is 22.3 Å². The molecule has 2 aromatic rings. The highest BCUT2D eigenvalue weighted by atomic mass is 35.5. The minimum atomic E-state index is -0.638. The highest BCUT2D eigenvalue weighted by Gasteiger charge is 2.26. The normalized spacial score (nSPS) is 11.6. The van der Waals surface area contributed by atoms with Crippen LogP contribution in [0.2, 0.25) is 5.02 Å². The van der Waals surface area contributed by atoms with Crippen LogP contribution in [0.1, 0.15) is 29.2 Å². The lowest BCUT2D eigenvalue weighted by Crippen LogP contribution is -2.48. The van der Waals surface area contributed by atoms with E-state index in [1.165, 1.54) is 4.90 Å². The summed E-state index contributed by atoms with van der Waals surface area (Å²) < 4.78 is 5.82. The van der Waals surface area contributed by atoms with Crippen molar-refractivity contribution in [2.75, 3.05) is 13.7 Å². The number of hydrogen-bond donors (Lipinski definition) is 1. The number of nitrogens with zero attached hydrogens (tertiary/aromatic N) is 1. The largest absolute Gasteiger partial charge is 0.483 e. The first kappa shape index (κ1) is 21.8. The standard InChI is InChI=1S/C22H27ClN2O3/c1-14-9-15(2)16(3)20(10-14)28-13-21(26)25(17(4)22(27)24-5)12-18-7-6-8-19(23)11-18/h6-11,17H,12-13H2,1-5H3,(H,24,27). The van der Waals surface area contributed by atoms with Crippen molar-refractivity contribution in [2.24, 2.45) is 0 Å². The van der Waals surface area contributed by atoms with Gasteiger partial charge in [0.15, 0.2) is 6.61 Å². The number of benzene rings is 2. The third-order valence-electron chi connectivity index (χ3n) is 4.77. The third kappa shape index (κ3) is 5.49. The molecule has 2 aromatic carbocycles. The number of aryl methyl sites for hydroxylation is 2. The summed E-state index contributed by atoms with van der Waals surface area (Å²) in [6, 6.07) is 10.6. The Balaban J connectivity index is 2.20. The van der Waals surface area contributed by atoms with Crippen LogP contribution in [0.4, 0.5) is 0 Å². The van der Waals surface area contributed by atoms with Gasteiger partial charge in [-0.3, -0.25) is 9.59 Å². The number of nitrogens with one attached hydrogen (secondary N) is 1. The average Bonchev–Trinajstić information content (AvgIpc) is 2.66. The van der Waals surface area contributed by atoms with E-state index in [1.807, 2.05) is 39.0 Å². The molecule has 0 saturated heterocycles. The number of halogens is 1.